The minimum atomic E-state index is -0.103. The van der Waals surface area contributed by atoms with Crippen molar-refractivity contribution in [3.8, 4) is 5.69 Å². The molecule has 0 bridgehead atoms. The summed E-state index contributed by atoms with van der Waals surface area (Å²) in [7, 11) is 0. The molecule has 4 aromatic rings. The van der Waals surface area contributed by atoms with Gasteiger partial charge in [-0.05, 0) is 36.4 Å². The minimum absolute atomic E-state index is 0.103. The standard InChI is InChI=1S/C18H16N6O/c25-18(14-4-6-16(7-5-14)24-13-19-12-21-24)20-9-8-15-11-23-10-2-1-3-17(23)22-15/h1-7,10-13H,8-9H2,(H,20,25). The molecule has 0 saturated heterocycles. The van der Waals surface area contributed by atoms with E-state index in [2.05, 4.69) is 20.4 Å². The fourth-order valence-electron chi connectivity index (χ4n) is 2.62. The zero-order valence-electron chi connectivity index (χ0n) is 13.4. The first-order valence-corrected chi connectivity index (χ1v) is 7.95. The normalized spacial score (nSPS) is 10.9. The molecule has 0 aliphatic rings. The topological polar surface area (TPSA) is 77.1 Å². The van der Waals surface area contributed by atoms with Crippen LogP contribution in [0.25, 0.3) is 11.3 Å². The van der Waals surface area contributed by atoms with Gasteiger partial charge in [0, 0.05) is 30.9 Å². The summed E-state index contributed by atoms with van der Waals surface area (Å²) in [4.78, 5) is 20.7. The molecule has 0 aliphatic heterocycles. The van der Waals surface area contributed by atoms with Crippen LogP contribution in [-0.2, 0) is 6.42 Å². The molecule has 1 N–H and O–H groups in total. The van der Waals surface area contributed by atoms with Crippen LogP contribution in [-0.4, -0.2) is 36.6 Å². The molecule has 0 atom stereocenters. The van der Waals surface area contributed by atoms with Gasteiger partial charge < -0.3 is 9.72 Å². The summed E-state index contributed by atoms with van der Waals surface area (Å²) >= 11 is 0. The summed E-state index contributed by atoms with van der Waals surface area (Å²) in [6, 6.07) is 13.1. The number of imidazole rings is 1. The Morgan fingerprint density at radius 1 is 1.12 bits per heavy atom. The second kappa shape index (κ2) is 6.56. The molecule has 0 unspecified atom stereocenters. The molecule has 0 spiro atoms. The molecular weight excluding hydrogens is 316 g/mol. The van der Waals surface area contributed by atoms with Crippen molar-refractivity contribution in [2.24, 2.45) is 0 Å². The zero-order valence-corrected chi connectivity index (χ0v) is 13.4. The first-order valence-electron chi connectivity index (χ1n) is 7.95. The minimum Gasteiger partial charge on any atom is -0.352 e. The number of nitrogens with zero attached hydrogens (tertiary/aromatic N) is 5. The van der Waals surface area contributed by atoms with Gasteiger partial charge in [-0.3, -0.25) is 4.79 Å². The maximum absolute atomic E-state index is 12.2. The van der Waals surface area contributed by atoms with Gasteiger partial charge in [0.2, 0.25) is 0 Å². The van der Waals surface area contributed by atoms with Crippen molar-refractivity contribution < 1.29 is 4.79 Å². The maximum Gasteiger partial charge on any atom is 0.251 e. The number of hydrogen-bond acceptors (Lipinski definition) is 4. The number of carbonyl (C=O) groups excluding carboxylic acids is 1. The molecule has 25 heavy (non-hydrogen) atoms. The van der Waals surface area contributed by atoms with Gasteiger partial charge in [-0.15, -0.1) is 0 Å². The summed E-state index contributed by atoms with van der Waals surface area (Å²) in [5.41, 5.74) is 3.33. The molecule has 7 nitrogen and oxygen atoms in total. The highest BCUT2D eigenvalue weighted by atomic mass is 16.1. The Labute approximate surface area is 144 Å². The fourth-order valence-corrected chi connectivity index (χ4v) is 2.62. The fraction of sp³-hybridized carbons (Fsp3) is 0.111. The lowest BCUT2D eigenvalue weighted by Gasteiger charge is -2.05. The number of hydrogen-bond donors (Lipinski definition) is 1. The molecule has 0 fully saturated rings. The SMILES string of the molecule is O=C(NCCc1cn2ccccc2n1)c1ccc(-n2cncn2)cc1. The van der Waals surface area contributed by atoms with E-state index in [-0.39, 0.29) is 5.91 Å². The van der Waals surface area contributed by atoms with Crippen LogP contribution in [0.1, 0.15) is 16.1 Å². The summed E-state index contributed by atoms with van der Waals surface area (Å²) < 4.78 is 3.62. The van der Waals surface area contributed by atoms with E-state index in [1.807, 2.05) is 47.1 Å². The van der Waals surface area contributed by atoms with E-state index in [4.69, 9.17) is 0 Å². The lowest BCUT2D eigenvalue weighted by molar-refractivity contribution is 0.0954. The molecule has 0 radical (unpaired) electrons. The second-order valence-electron chi connectivity index (χ2n) is 5.59. The van der Waals surface area contributed by atoms with Crippen molar-refractivity contribution in [2.45, 2.75) is 6.42 Å². The Balaban J connectivity index is 1.35. The highest BCUT2D eigenvalue weighted by Gasteiger charge is 2.07. The molecule has 0 saturated carbocycles. The van der Waals surface area contributed by atoms with Gasteiger partial charge in [0.25, 0.3) is 5.91 Å². The van der Waals surface area contributed by atoms with Crippen molar-refractivity contribution in [3.05, 3.63) is 78.8 Å². The third-order valence-electron chi connectivity index (χ3n) is 3.89. The summed E-state index contributed by atoms with van der Waals surface area (Å²) in [6.07, 6.45) is 7.71. The number of carbonyl (C=O) groups is 1. The Bertz CT molecular complexity index is 955. The van der Waals surface area contributed by atoms with Gasteiger partial charge in [0.1, 0.15) is 18.3 Å². The molecule has 1 amide bonds. The average molecular weight is 332 g/mol. The Morgan fingerprint density at radius 3 is 2.76 bits per heavy atom. The van der Waals surface area contributed by atoms with Gasteiger partial charge in [0.15, 0.2) is 0 Å². The van der Waals surface area contributed by atoms with Gasteiger partial charge >= 0.3 is 0 Å². The van der Waals surface area contributed by atoms with E-state index < -0.39 is 0 Å². The van der Waals surface area contributed by atoms with Crippen molar-refractivity contribution in [2.75, 3.05) is 6.54 Å². The third kappa shape index (κ3) is 3.25. The van der Waals surface area contributed by atoms with Gasteiger partial charge in [0.05, 0.1) is 11.4 Å². The van der Waals surface area contributed by atoms with Gasteiger partial charge in [-0.2, -0.15) is 5.10 Å². The van der Waals surface area contributed by atoms with E-state index in [1.54, 1.807) is 23.1 Å². The predicted octanol–water partition coefficient (Wildman–Crippen LogP) is 1.89. The molecule has 124 valence electrons. The van der Waals surface area contributed by atoms with Crippen molar-refractivity contribution in [1.82, 2.24) is 29.5 Å². The highest BCUT2D eigenvalue weighted by Crippen LogP contribution is 2.08. The lowest BCUT2D eigenvalue weighted by Crippen LogP contribution is -2.25. The Morgan fingerprint density at radius 2 is 2.00 bits per heavy atom. The van der Waals surface area contributed by atoms with E-state index in [1.165, 1.54) is 6.33 Å². The summed E-state index contributed by atoms with van der Waals surface area (Å²) in [5.74, 6) is -0.103. The second-order valence-corrected chi connectivity index (χ2v) is 5.59. The van der Waals surface area contributed by atoms with Crippen LogP contribution in [0, 0.1) is 0 Å². The molecular formula is C18H16N6O. The van der Waals surface area contributed by atoms with E-state index in [0.717, 1.165) is 17.0 Å². The average Bonchev–Trinajstić information content (AvgIpc) is 3.31. The van der Waals surface area contributed by atoms with Crippen LogP contribution in [0.15, 0.2) is 67.5 Å². The van der Waals surface area contributed by atoms with Crippen LogP contribution in [0.3, 0.4) is 0 Å². The van der Waals surface area contributed by atoms with Crippen molar-refractivity contribution in [1.29, 1.82) is 0 Å². The zero-order chi connectivity index (χ0) is 17.1. The first kappa shape index (κ1) is 15.1. The number of aromatic nitrogens is 5. The smallest absolute Gasteiger partial charge is 0.251 e. The summed E-state index contributed by atoms with van der Waals surface area (Å²) in [6.45, 7) is 0.535. The number of rotatable bonds is 5. The molecule has 0 aliphatic carbocycles. The largest absolute Gasteiger partial charge is 0.352 e. The highest BCUT2D eigenvalue weighted by molar-refractivity contribution is 5.94. The van der Waals surface area contributed by atoms with Crippen LogP contribution in [0.2, 0.25) is 0 Å². The molecule has 7 heteroatoms. The monoisotopic (exact) mass is 332 g/mol. The molecule has 1 aromatic carbocycles. The van der Waals surface area contributed by atoms with Crippen LogP contribution < -0.4 is 5.32 Å². The molecule has 4 rings (SSSR count). The van der Waals surface area contributed by atoms with Crippen LogP contribution in [0.4, 0.5) is 0 Å². The van der Waals surface area contributed by atoms with Crippen LogP contribution in [0.5, 0.6) is 0 Å². The van der Waals surface area contributed by atoms with E-state index >= 15 is 0 Å². The van der Waals surface area contributed by atoms with Gasteiger partial charge in [-0.25, -0.2) is 14.6 Å². The molecule has 3 heterocycles. The quantitative estimate of drug-likeness (QED) is 0.605. The van der Waals surface area contributed by atoms with E-state index in [9.17, 15) is 4.79 Å². The Hall–Kier alpha value is -3.48. The van der Waals surface area contributed by atoms with Crippen LogP contribution >= 0.6 is 0 Å². The number of nitrogens with one attached hydrogen (secondary N) is 1. The molecule has 3 aromatic heterocycles. The number of amides is 1. The summed E-state index contributed by atoms with van der Waals surface area (Å²) in [5, 5.41) is 6.98. The lowest BCUT2D eigenvalue weighted by atomic mass is 10.2. The predicted molar refractivity (Wildman–Crippen MR) is 92.6 cm³/mol. The van der Waals surface area contributed by atoms with E-state index in [0.29, 0.717) is 18.5 Å². The number of pyridine rings is 1. The number of benzene rings is 1. The third-order valence-corrected chi connectivity index (χ3v) is 3.89. The van der Waals surface area contributed by atoms with Crippen molar-refractivity contribution in [3.63, 3.8) is 0 Å². The first-order chi connectivity index (χ1) is 12.3. The van der Waals surface area contributed by atoms with Gasteiger partial charge in [-0.1, -0.05) is 6.07 Å². The number of fused-ring (bicyclic) bond motifs is 1. The van der Waals surface area contributed by atoms with Crippen molar-refractivity contribution >= 4 is 11.6 Å². The maximum atomic E-state index is 12.2. The Kier molecular flexibility index (Phi) is 3.96.